The van der Waals surface area contributed by atoms with Gasteiger partial charge in [-0.15, -0.1) is 0 Å². The molecule has 9 nitrogen and oxygen atoms in total. The fraction of sp³-hybridized carbons (Fsp3) is 0.630. The Morgan fingerprint density at radius 1 is 1.03 bits per heavy atom. The first-order valence-corrected chi connectivity index (χ1v) is 16.2. The molecule has 0 saturated carbocycles. The zero-order valence-electron chi connectivity index (χ0n) is 22.8. The molecule has 1 heterocycles. The van der Waals surface area contributed by atoms with Crippen molar-refractivity contribution >= 4 is 56.8 Å². The minimum absolute atomic E-state index is 0.175. The van der Waals surface area contributed by atoms with Gasteiger partial charge >= 0.3 is 0 Å². The van der Waals surface area contributed by atoms with E-state index in [0.717, 1.165) is 24.8 Å². The van der Waals surface area contributed by atoms with Gasteiger partial charge in [0, 0.05) is 29.0 Å². The molecule has 39 heavy (non-hydrogen) atoms. The van der Waals surface area contributed by atoms with Crippen LogP contribution < -0.4 is 21.3 Å². The third kappa shape index (κ3) is 12.4. The van der Waals surface area contributed by atoms with Gasteiger partial charge in [0.05, 0.1) is 12.6 Å². The molecule has 1 aromatic rings. The zero-order valence-corrected chi connectivity index (χ0v) is 25.2. The Morgan fingerprint density at radius 3 is 2.36 bits per heavy atom. The van der Waals surface area contributed by atoms with Crippen LogP contribution in [0.2, 0.25) is 5.02 Å². The first-order chi connectivity index (χ1) is 18.6. The maximum absolute atomic E-state index is 13.2. The predicted octanol–water partition coefficient (Wildman–Crippen LogP) is 2.84. The highest BCUT2D eigenvalue weighted by molar-refractivity contribution is 8.77. The molecule has 0 bridgehead atoms. The van der Waals surface area contributed by atoms with Crippen molar-refractivity contribution in [1.29, 1.82) is 0 Å². The fourth-order valence-corrected chi connectivity index (χ4v) is 7.25. The van der Waals surface area contributed by atoms with Gasteiger partial charge in [0.25, 0.3) is 5.91 Å². The molecule has 0 spiro atoms. The molecule has 1 aliphatic rings. The standard InChI is InChI=1S/C27H41ClN4O5S2/c1-4-29-27(37)25(35)21(15-18-9-11-19(28)12-10-18)31-26(36)24(17(2)3)32-23(34)16-30-22(33)8-6-5-7-20-13-14-38-39-20/h9-12,17,20-21,24-25,35H,4-8,13-16H2,1-3H3,(H,29,37)(H,30,33)(H,31,36)(H,32,34)/t20?,21-,24-,25?/m0/s1. The number of likely N-dealkylation sites (N-methyl/N-ethyl adjacent to an activating group) is 1. The third-order valence-corrected chi connectivity index (χ3v) is 9.57. The van der Waals surface area contributed by atoms with Gasteiger partial charge in [-0.25, -0.2) is 0 Å². The number of unbranched alkanes of at least 4 members (excludes halogenated alkanes) is 1. The molecule has 1 saturated heterocycles. The average Bonchev–Trinajstić information content (AvgIpc) is 3.42. The van der Waals surface area contributed by atoms with Crippen LogP contribution >= 0.6 is 33.2 Å². The van der Waals surface area contributed by atoms with Gasteiger partial charge in [0.1, 0.15) is 6.04 Å². The number of carbonyl (C=O) groups is 4. The van der Waals surface area contributed by atoms with Crippen molar-refractivity contribution < 1.29 is 24.3 Å². The van der Waals surface area contributed by atoms with Crippen molar-refractivity contribution in [3.63, 3.8) is 0 Å². The van der Waals surface area contributed by atoms with E-state index in [9.17, 15) is 24.3 Å². The number of hydrogen-bond acceptors (Lipinski definition) is 7. The zero-order chi connectivity index (χ0) is 28.8. The minimum Gasteiger partial charge on any atom is -0.381 e. The molecule has 0 aromatic heterocycles. The lowest BCUT2D eigenvalue weighted by molar-refractivity contribution is -0.134. The van der Waals surface area contributed by atoms with Gasteiger partial charge < -0.3 is 26.4 Å². The van der Waals surface area contributed by atoms with E-state index in [-0.39, 0.29) is 24.8 Å². The van der Waals surface area contributed by atoms with Crippen LogP contribution in [0, 0.1) is 5.92 Å². The second kappa shape index (κ2) is 17.7. The lowest BCUT2D eigenvalue weighted by Crippen LogP contribution is -2.58. The van der Waals surface area contributed by atoms with Gasteiger partial charge in [-0.05, 0) is 56.2 Å². The van der Waals surface area contributed by atoms with Gasteiger partial charge in [-0.3, -0.25) is 19.2 Å². The quantitative estimate of drug-likeness (QED) is 0.145. The topological polar surface area (TPSA) is 137 Å². The number of aliphatic hydroxyl groups is 1. The van der Waals surface area contributed by atoms with Crippen LogP contribution in [0.5, 0.6) is 0 Å². The summed E-state index contributed by atoms with van der Waals surface area (Å²) in [4.78, 5) is 50.3. The summed E-state index contributed by atoms with van der Waals surface area (Å²) in [5.74, 6) is -0.917. The molecule has 2 unspecified atom stereocenters. The van der Waals surface area contributed by atoms with Crippen LogP contribution in [0.15, 0.2) is 24.3 Å². The lowest BCUT2D eigenvalue weighted by Gasteiger charge is -2.28. The van der Waals surface area contributed by atoms with Crippen molar-refractivity contribution in [3.05, 3.63) is 34.9 Å². The maximum atomic E-state index is 13.2. The number of rotatable bonds is 16. The Bertz CT molecular complexity index is 945. The summed E-state index contributed by atoms with van der Waals surface area (Å²) >= 11 is 5.96. The highest BCUT2D eigenvalue weighted by Crippen LogP contribution is 2.39. The van der Waals surface area contributed by atoms with E-state index in [1.54, 1.807) is 45.0 Å². The van der Waals surface area contributed by atoms with Crippen molar-refractivity contribution in [2.45, 2.75) is 82.7 Å². The molecule has 4 amide bonds. The van der Waals surface area contributed by atoms with Crippen LogP contribution in [-0.2, 0) is 25.6 Å². The van der Waals surface area contributed by atoms with Gasteiger partial charge in [0.2, 0.25) is 17.7 Å². The molecular formula is C27H41ClN4O5S2. The molecule has 1 aliphatic heterocycles. The number of halogens is 1. The molecule has 2 rings (SSSR count). The first-order valence-electron chi connectivity index (χ1n) is 13.5. The third-order valence-electron chi connectivity index (χ3n) is 6.32. The van der Waals surface area contributed by atoms with Crippen molar-refractivity contribution in [3.8, 4) is 0 Å². The summed E-state index contributed by atoms with van der Waals surface area (Å²) in [5.41, 5.74) is 0.766. The Kier molecular flexibility index (Phi) is 15.1. The molecular weight excluding hydrogens is 560 g/mol. The summed E-state index contributed by atoms with van der Waals surface area (Å²) in [5, 5.41) is 22.5. The maximum Gasteiger partial charge on any atom is 0.250 e. The van der Waals surface area contributed by atoms with Crippen LogP contribution in [0.3, 0.4) is 0 Å². The highest BCUT2D eigenvalue weighted by atomic mass is 35.5. The second-order valence-electron chi connectivity index (χ2n) is 9.93. The molecule has 1 fully saturated rings. The number of amides is 4. The van der Waals surface area contributed by atoms with E-state index in [2.05, 4.69) is 21.3 Å². The molecule has 1 aromatic carbocycles. The van der Waals surface area contributed by atoms with E-state index in [1.807, 2.05) is 21.6 Å². The Morgan fingerprint density at radius 2 is 1.74 bits per heavy atom. The summed E-state index contributed by atoms with van der Waals surface area (Å²) in [6, 6.07) is 5.02. The summed E-state index contributed by atoms with van der Waals surface area (Å²) < 4.78 is 0. The van der Waals surface area contributed by atoms with Crippen molar-refractivity contribution in [2.24, 2.45) is 5.92 Å². The van der Waals surface area contributed by atoms with Crippen LogP contribution in [-0.4, -0.2) is 71.0 Å². The molecule has 12 heteroatoms. The highest BCUT2D eigenvalue weighted by Gasteiger charge is 2.32. The van der Waals surface area contributed by atoms with Crippen molar-refractivity contribution in [2.75, 3.05) is 18.8 Å². The number of aliphatic hydroxyl groups excluding tert-OH is 1. The van der Waals surface area contributed by atoms with E-state index in [0.29, 0.717) is 23.2 Å². The monoisotopic (exact) mass is 600 g/mol. The minimum atomic E-state index is -1.50. The average molecular weight is 601 g/mol. The van der Waals surface area contributed by atoms with E-state index in [1.165, 1.54) is 12.2 Å². The van der Waals surface area contributed by atoms with Gasteiger partial charge in [0.15, 0.2) is 6.10 Å². The Balaban J connectivity index is 1.90. The smallest absolute Gasteiger partial charge is 0.250 e. The molecule has 0 radical (unpaired) electrons. The lowest BCUT2D eigenvalue weighted by atomic mass is 9.98. The number of benzene rings is 1. The molecule has 4 atom stereocenters. The first kappa shape index (κ1) is 33.3. The summed E-state index contributed by atoms with van der Waals surface area (Å²) in [6.07, 6.45) is 3.11. The van der Waals surface area contributed by atoms with Crippen LogP contribution in [0.25, 0.3) is 0 Å². The molecule has 0 aliphatic carbocycles. The molecule has 218 valence electrons. The second-order valence-corrected chi connectivity index (χ2v) is 13.1. The van der Waals surface area contributed by atoms with E-state index >= 15 is 0 Å². The summed E-state index contributed by atoms with van der Waals surface area (Å²) in [6.45, 7) is 5.37. The fourth-order valence-electron chi connectivity index (χ4n) is 4.10. The van der Waals surface area contributed by atoms with E-state index < -0.39 is 35.9 Å². The van der Waals surface area contributed by atoms with Gasteiger partial charge in [-0.1, -0.05) is 65.6 Å². The van der Waals surface area contributed by atoms with E-state index in [4.69, 9.17) is 11.6 Å². The van der Waals surface area contributed by atoms with Crippen LogP contribution in [0.4, 0.5) is 0 Å². The Hall–Kier alpha value is -1.95. The predicted molar refractivity (Wildman–Crippen MR) is 158 cm³/mol. The summed E-state index contributed by atoms with van der Waals surface area (Å²) in [7, 11) is 3.83. The largest absolute Gasteiger partial charge is 0.381 e. The number of carbonyl (C=O) groups excluding carboxylic acids is 4. The number of nitrogens with one attached hydrogen (secondary N) is 4. The van der Waals surface area contributed by atoms with Gasteiger partial charge in [-0.2, -0.15) is 0 Å². The number of hydrogen-bond donors (Lipinski definition) is 5. The molecule has 5 N–H and O–H groups in total. The SMILES string of the molecule is CCNC(=O)C(O)[C@H](Cc1ccc(Cl)cc1)NC(=O)[C@@H](NC(=O)CNC(=O)CCCCC1CCSS1)C(C)C. The van der Waals surface area contributed by atoms with Crippen molar-refractivity contribution in [1.82, 2.24) is 21.3 Å². The Labute approximate surface area is 244 Å². The normalized spacial score (nSPS) is 17.2. The van der Waals surface area contributed by atoms with Crippen LogP contribution in [0.1, 0.15) is 58.4 Å².